The zero-order valence-corrected chi connectivity index (χ0v) is 7.59. The van der Waals surface area contributed by atoms with Gasteiger partial charge in [0.05, 0.1) is 5.41 Å². The minimum absolute atomic E-state index is 0.207. The van der Waals surface area contributed by atoms with E-state index in [0.29, 0.717) is 0 Å². The highest BCUT2D eigenvalue weighted by atomic mass is 15.2. The van der Waals surface area contributed by atoms with Gasteiger partial charge in [0.1, 0.15) is 0 Å². The quantitative estimate of drug-likeness (QED) is 0.606. The maximum Gasteiger partial charge on any atom is 0.392 e. The van der Waals surface area contributed by atoms with Gasteiger partial charge in [-0.1, -0.05) is 13.8 Å². The highest BCUT2D eigenvalue weighted by Crippen LogP contribution is 2.33. The Bertz CT molecular complexity index is 163. The Morgan fingerprint density at radius 2 is 1.64 bits per heavy atom. The average Bonchev–Trinajstić information content (AvgIpc) is 2.02. The third kappa shape index (κ3) is 1.70. The lowest BCUT2D eigenvalue weighted by molar-refractivity contribution is 0.173. The monoisotopic (exact) mass is 156 g/mol. The topological polar surface area (TPSA) is 56.4 Å². The van der Waals surface area contributed by atoms with Crippen molar-refractivity contribution in [2.24, 2.45) is 16.9 Å². The van der Waals surface area contributed by atoms with E-state index >= 15 is 0 Å². The van der Waals surface area contributed by atoms with Gasteiger partial charge >= 0.3 is 5.79 Å². The van der Waals surface area contributed by atoms with Gasteiger partial charge in [0.15, 0.2) is 0 Å². The van der Waals surface area contributed by atoms with Gasteiger partial charge < -0.3 is 0 Å². The van der Waals surface area contributed by atoms with Crippen LogP contribution in [-0.2, 0) is 0 Å². The number of rotatable bonds is 3. The van der Waals surface area contributed by atoms with Gasteiger partial charge in [-0.3, -0.25) is 0 Å². The van der Waals surface area contributed by atoms with Crippen LogP contribution in [0.3, 0.4) is 0 Å². The second-order valence-electron chi connectivity index (χ2n) is 3.22. The molecule has 4 N–H and O–H groups in total. The minimum Gasteiger partial charge on any atom is -0.240 e. The van der Waals surface area contributed by atoms with Gasteiger partial charge in [-0.2, -0.15) is 0 Å². The van der Waals surface area contributed by atoms with Crippen LogP contribution < -0.4 is 11.5 Å². The second kappa shape index (κ2) is 3.21. The summed E-state index contributed by atoms with van der Waals surface area (Å²) >= 11 is 0. The summed E-state index contributed by atoms with van der Waals surface area (Å²) in [6, 6.07) is 0. The Kier molecular flexibility index (Phi) is 3.03. The Hall–Kier alpha value is -0.590. The molecule has 0 rings (SSSR count). The molecule has 0 saturated heterocycles. The molecule has 0 aliphatic rings. The van der Waals surface area contributed by atoms with Gasteiger partial charge in [0, 0.05) is 0 Å². The molecule has 0 saturated carbocycles. The van der Waals surface area contributed by atoms with E-state index in [-0.39, 0.29) is 5.41 Å². The minimum atomic E-state index is -1.10. The molecular weight excluding hydrogens is 138 g/mol. The first-order chi connectivity index (χ1) is 4.93. The largest absolute Gasteiger partial charge is 0.392 e. The first-order valence-electron chi connectivity index (χ1n) is 3.93. The molecule has 0 aromatic carbocycles. The highest BCUT2D eigenvalue weighted by molar-refractivity contribution is 5.02. The van der Waals surface area contributed by atoms with Gasteiger partial charge in [-0.25, -0.2) is 11.5 Å². The zero-order chi connectivity index (χ0) is 9.12. The molecule has 0 spiro atoms. The first kappa shape index (κ1) is 10.4. The van der Waals surface area contributed by atoms with E-state index in [4.69, 9.17) is 18.0 Å². The van der Waals surface area contributed by atoms with Gasteiger partial charge in [0.2, 0.25) is 0 Å². The van der Waals surface area contributed by atoms with Crippen LogP contribution >= 0.6 is 0 Å². The Balaban J connectivity index is 4.65. The number of nitrogens with zero attached hydrogens (tertiary/aromatic N) is 1. The molecule has 64 valence electrons. The predicted octanol–water partition coefficient (Wildman–Crippen LogP) is 1.35. The number of hydrogen-bond acceptors (Lipinski definition) is 2. The van der Waals surface area contributed by atoms with Crippen molar-refractivity contribution in [2.45, 2.75) is 39.4 Å². The molecule has 0 bridgehead atoms. The fraction of sp³-hybridized carbons (Fsp3) is 0.875. The molecule has 0 unspecified atom stereocenters. The Morgan fingerprint density at radius 3 is 1.73 bits per heavy atom. The van der Waals surface area contributed by atoms with Crippen LogP contribution in [0, 0.1) is 12.0 Å². The number of hydrogen-bond donors (Lipinski definition) is 2. The van der Waals surface area contributed by atoms with Gasteiger partial charge in [0.25, 0.3) is 6.57 Å². The van der Waals surface area contributed by atoms with E-state index in [2.05, 4.69) is 4.85 Å². The van der Waals surface area contributed by atoms with Crippen molar-refractivity contribution >= 4 is 0 Å². The van der Waals surface area contributed by atoms with Gasteiger partial charge in [-0.15, -0.1) is 0 Å². The molecule has 0 aromatic heterocycles. The van der Waals surface area contributed by atoms with Crippen LogP contribution in [0.5, 0.6) is 0 Å². The van der Waals surface area contributed by atoms with Crippen LogP contribution in [0.1, 0.15) is 33.6 Å². The van der Waals surface area contributed by atoms with E-state index in [0.717, 1.165) is 12.8 Å². The third-order valence-electron chi connectivity index (χ3n) is 2.74. The first-order valence-corrected chi connectivity index (χ1v) is 3.93. The summed E-state index contributed by atoms with van der Waals surface area (Å²) in [7, 11) is 0. The smallest absolute Gasteiger partial charge is 0.240 e. The van der Waals surface area contributed by atoms with Crippen LogP contribution in [0.15, 0.2) is 0 Å². The summed E-state index contributed by atoms with van der Waals surface area (Å²) in [6.45, 7) is 11.2. The van der Waals surface area contributed by atoms with Crippen LogP contribution in [0.4, 0.5) is 0 Å². The van der Waals surface area contributed by atoms with Crippen molar-refractivity contribution in [3.63, 3.8) is 0 Å². The molecule has 0 heterocycles. The highest BCUT2D eigenvalue weighted by Gasteiger charge is 2.49. The summed E-state index contributed by atoms with van der Waals surface area (Å²) in [6.07, 6.45) is 1.74. The molecule has 0 aliphatic carbocycles. The number of nitrogens with two attached hydrogens (primary N) is 2. The van der Waals surface area contributed by atoms with Crippen molar-refractivity contribution in [1.82, 2.24) is 0 Å². The molecule has 0 fully saturated rings. The molecule has 0 amide bonds. The molecule has 0 aromatic rings. The van der Waals surface area contributed by atoms with E-state index in [1.165, 1.54) is 0 Å². The maximum absolute atomic E-state index is 5.70. The van der Waals surface area contributed by atoms with E-state index in [1.807, 2.05) is 20.8 Å². The van der Waals surface area contributed by atoms with E-state index < -0.39 is 5.79 Å². The normalized spacial score (nSPS) is 12.7. The maximum atomic E-state index is 5.70. The van der Waals surface area contributed by atoms with E-state index in [1.54, 1.807) is 0 Å². The predicted molar refractivity (Wildman–Crippen MR) is 48.1 cm³/mol. The molecule has 3 heteroatoms. The SMILES string of the molecule is C#[N+]C(N)(N)C(C)(CC)CC. The fourth-order valence-corrected chi connectivity index (χ4v) is 0.972. The third-order valence-corrected chi connectivity index (χ3v) is 2.74. The summed E-state index contributed by atoms with van der Waals surface area (Å²) < 4.78 is 0. The molecule has 0 aliphatic heterocycles. The lowest BCUT2D eigenvalue weighted by Gasteiger charge is -2.29. The average molecular weight is 156 g/mol. The zero-order valence-electron chi connectivity index (χ0n) is 7.59. The Morgan fingerprint density at radius 1 is 1.27 bits per heavy atom. The summed E-state index contributed by atoms with van der Waals surface area (Å²) in [5, 5.41) is 0. The molecule has 0 atom stereocenters. The Labute approximate surface area is 68.6 Å². The fourth-order valence-electron chi connectivity index (χ4n) is 0.972. The van der Waals surface area contributed by atoms with Gasteiger partial charge in [-0.05, 0) is 24.6 Å². The van der Waals surface area contributed by atoms with Crippen LogP contribution in [-0.4, -0.2) is 5.79 Å². The van der Waals surface area contributed by atoms with Crippen molar-refractivity contribution < 1.29 is 0 Å². The molecular formula is C8H18N3+. The summed E-state index contributed by atoms with van der Waals surface area (Å²) in [5.74, 6) is -1.10. The lowest BCUT2D eigenvalue weighted by atomic mass is 9.78. The molecule has 11 heavy (non-hydrogen) atoms. The summed E-state index contributed by atoms with van der Waals surface area (Å²) in [5.41, 5.74) is 11.2. The molecule has 0 radical (unpaired) electrons. The standard InChI is InChI=1S/C8H18N3/c1-5-7(3,6-2)8(9,10)11-4/h4H,5-6,9-10H2,1-3H3/q+1. The van der Waals surface area contributed by atoms with Crippen LogP contribution in [0.25, 0.3) is 4.85 Å². The van der Waals surface area contributed by atoms with Crippen molar-refractivity contribution in [2.75, 3.05) is 0 Å². The van der Waals surface area contributed by atoms with E-state index in [9.17, 15) is 0 Å². The summed E-state index contributed by atoms with van der Waals surface area (Å²) in [4.78, 5) is 3.49. The lowest BCUT2D eigenvalue weighted by Crippen LogP contribution is -2.58. The van der Waals surface area contributed by atoms with Crippen LogP contribution in [0.2, 0.25) is 0 Å². The molecule has 3 nitrogen and oxygen atoms in total. The van der Waals surface area contributed by atoms with Crippen molar-refractivity contribution in [1.29, 1.82) is 0 Å². The van der Waals surface area contributed by atoms with Crippen molar-refractivity contribution in [3.8, 4) is 6.57 Å². The second-order valence-corrected chi connectivity index (χ2v) is 3.22. The van der Waals surface area contributed by atoms with Crippen molar-refractivity contribution in [3.05, 3.63) is 4.85 Å².